The van der Waals surface area contributed by atoms with E-state index in [2.05, 4.69) is 4.98 Å². The van der Waals surface area contributed by atoms with Crippen molar-refractivity contribution in [1.29, 1.82) is 0 Å². The summed E-state index contributed by atoms with van der Waals surface area (Å²) in [4.78, 5) is 32.1. The molecule has 1 aromatic heterocycles. The van der Waals surface area contributed by atoms with E-state index in [1.54, 1.807) is 54.9 Å². The molecule has 0 radical (unpaired) electrons. The number of hydrogen-bond acceptors (Lipinski definition) is 6. The molecule has 1 fully saturated rings. The maximum atomic E-state index is 13.3. The van der Waals surface area contributed by atoms with Gasteiger partial charge < -0.3 is 19.5 Å². The lowest BCUT2D eigenvalue weighted by molar-refractivity contribution is -0.140. The highest BCUT2D eigenvalue weighted by molar-refractivity contribution is 6.46. The van der Waals surface area contributed by atoms with Gasteiger partial charge in [-0.3, -0.25) is 14.6 Å². The molecule has 1 unspecified atom stereocenters. The Bertz CT molecular complexity index is 1470. The minimum atomic E-state index is -0.801. The highest BCUT2D eigenvalue weighted by atomic mass is 16.5. The number of benzene rings is 3. The Labute approximate surface area is 220 Å². The number of aliphatic hydroxyl groups excluding tert-OH is 1. The monoisotopic (exact) mass is 506 g/mol. The molecule has 7 nitrogen and oxygen atoms in total. The number of methoxy groups -OCH3 is 1. The second-order valence-electron chi connectivity index (χ2n) is 8.86. The molecule has 1 atom stereocenters. The molecule has 4 aromatic rings. The van der Waals surface area contributed by atoms with Gasteiger partial charge in [0.1, 0.15) is 23.9 Å². The molecule has 2 heterocycles. The van der Waals surface area contributed by atoms with E-state index in [1.807, 2.05) is 48.5 Å². The number of ether oxygens (including phenoxy) is 2. The molecular formula is C31H26N2O5. The lowest BCUT2D eigenvalue weighted by Gasteiger charge is -2.25. The molecular weight excluding hydrogens is 480 g/mol. The maximum absolute atomic E-state index is 13.3. The van der Waals surface area contributed by atoms with Gasteiger partial charge in [0.25, 0.3) is 11.7 Å². The van der Waals surface area contributed by atoms with E-state index in [0.717, 1.165) is 11.1 Å². The summed E-state index contributed by atoms with van der Waals surface area (Å²) >= 11 is 0. The van der Waals surface area contributed by atoms with Crippen molar-refractivity contribution < 1.29 is 24.2 Å². The topological polar surface area (TPSA) is 89.0 Å². The molecule has 1 aliphatic heterocycles. The summed E-state index contributed by atoms with van der Waals surface area (Å²) in [5.74, 6) is -0.522. The SMILES string of the molecule is COc1cccc(/C(O)=C2\C(=O)C(=O)N(Cc3cccnc3)C2c2ccc(OCc3ccccc3)cc2)c1. The summed E-state index contributed by atoms with van der Waals surface area (Å²) in [6, 6.07) is 26.6. The van der Waals surface area contributed by atoms with E-state index >= 15 is 0 Å². The van der Waals surface area contributed by atoms with Crippen LogP contribution in [-0.4, -0.2) is 33.8 Å². The molecule has 0 saturated carbocycles. The van der Waals surface area contributed by atoms with E-state index in [4.69, 9.17) is 9.47 Å². The molecule has 1 aliphatic rings. The van der Waals surface area contributed by atoms with Crippen LogP contribution in [0.2, 0.25) is 0 Å². The van der Waals surface area contributed by atoms with Gasteiger partial charge in [0.05, 0.1) is 18.7 Å². The third kappa shape index (κ3) is 5.13. The van der Waals surface area contributed by atoms with Crippen molar-refractivity contribution >= 4 is 17.4 Å². The van der Waals surface area contributed by atoms with Crippen LogP contribution in [0.3, 0.4) is 0 Å². The van der Waals surface area contributed by atoms with E-state index in [9.17, 15) is 14.7 Å². The van der Waals surface area contributed by atoms with Crippen LogP contribution in [0.25, 0.3) is 5.76 Å². The maximum Gasteiger partial charge on any atom is 0.295 e. The fraction of sp³-hybridized carbons (Fsp3) is 0.129. The molecule has 3 aromatic carbocycles. The predicted octanol–water partition coefficient (Wildman–Crippen LogP) is 5.29. The number of likely N-dealkylation sites (tertiary alicyclic amines) is 1. The number of pyridine rings is 1. The zero-order valence-electron chi connectivity index (χ0n) is 20.8. The largest absolute Gasteiger partial charge is 0.507 e. The van der Waals surface area contributed by atoms with Gasteiger partial charge in [-0.25, -0.2) is 0 Å². The fourth-order valence-electron chi connectivity index (χ4n) is 4.49. The van der Waals surface area contributed by atoms with Crippen LogP contribution in [0, 0.1) is 0 Å². The van der Waals surface area contributed by atoms with Crippen molar-refractivity contribution in [3.8, 4) is 11.5 Å². The van der Waals surface area contributed by atoms with Gasteiger partial charge in [0, 0.05) is 24.5 Å². The van der Waals surface area contributed by atoms with Crippen LogP contribution < -0.4 is 9.47 Å². The van der Waals surface area contributed by atoms with Crippen molar-refractivity contribution in [2.24, 2.45) is 0 Å². The fourth-order valence-corrected chi connectivity index (χ4v) is 4.49. The van der Waals surface area contributed by atoms with Gasteiger partial charge >= 0.3 is 0 Å². The van der Waals surface area contributed by atoms with Crippen LogP contribution in [0.15, 0.2) is 109 Å². The standard InChI is InChI=1S/C31H26N2O5/c1-37-26-11-5-10-24(17-26)29(34)27-28(33(31(36)30(27)35)19-22-9-6-16-32-18-22)23-12-14-25(15-13-23)38-20-21-7-3-2-4-8-21/h2-18,28,34H,19-20H2,1H3/b29-27+. The number of aliphatic hydroxyl groups is 1. The number of rotatable bonds is 8. The second kappa shape index (κ2) is 11.0. The van der Waals surface area contributed by atoms with Gasteiger partial charge in [-0.2, -0.15) is 0 Å². The van der Waals surface area contributed by atoms with Crippen molar-refractivity contribution in [3.05, 3.63) is 131 Å². The molecule has 1 N–H and O–H groups in total. The number of ketones is 1. The zero-order valence-corrected chi connectivity index (χ0v) is 20.8. The van der Waals surface area contributed by atoms with E-state index in [0.29, 0.717) is 29.2 Å². The Morgan fingerprint density at radius 1 is 0.895 bits per heavy atom. The van der Waals surface area contributed by atoms with Crippen LogP contribution in [-0.2, 0) is 22.7 Å². The molecule has 1 saturated heterocycles. The molecule has 0 bridgehead atoms. The van der Waals surface area contributed by atoms with Crippen LogP contribution in [0.5, 0.6) is 11.5 Å². The quantitative estimate of drug-likeness (QED) is 0.198. The van der Waals surface area contributed by atoms with Crippen LogP contribution >= 0.6 is 0 Å². The highest BCUT2D eigenvalue weighted by Crippen LogP contribution is 2.41. The average Bonchev–Trinajstić information content (AvgIpc) is 3.22. The summed E-state index contributed by atoms with van der Waals surface area (Å²) in [6.45, 7) is 0.569. The van der Waals surface area contributed by atoms with Crippen LogP contribution in [0.4, 0.5) is 0 Å². The minimum absolute atomic E-state index is 0.0186. The first-order valence-electron chi connectivity index (χ1n) is 12.1. The normalized spacial score (nSPS) is 16.4. The molecule has 1 amide bonds. The summed E-state index contributed by atoms with van der Waals surface area (Å²) in [7, 11) is 1.52. The number of carbonyl (C=O) groups is 2. The Balaban J connectivity index is 1.52. The van der Waals surface area contributed by atoms with Crippen LogP contribution in [0.1, 0.15) is 28.3 Å². The Morgan fingerprint density at radius 2 is 1.66 bits per heavy atom. The van der Waals surface area contributed by atoms with Crippen molar-refractivity contribution in [1.82, 2.24) is 9.88 Å². The Morgan fingerprint density at radius 3 is 2.37 bits per heavy atom. The number of amides is 1. The number of nitrogens with zero attached hydrogens (tertiary/aromatic N) is 2. The first-order valence-corrected chi connectivity index (χ1v) is 12.1. The average molecular weight is 507 g/mol. The van der Waals surface area contributed by atoms with Gasteiger partial charge in [-0.05, 0) is 47.0 Å². The van der Waals surface area contributed by atoms with Gasteiger partial charge in [-0.1, -0.05) is 60.7 Å². The number of aromatic nitrogens is 1. The first kappa shape index (κ1) is 24.8. The van der Waals surface area contributed by atoms with Gasteiger partial charge in [0.15, 0.2) is 0 Å². The smallest absolute Gasteiger partial charge is 0.295 e. The van der Waals surface area contributed by atoms with Crippen molar-refractivity contribution in [2.45, 2.75) is 19.2 Å². The molecule has 7 heteroatoms. The summed E-state index contributed by atoms with van der Waals surface area (Å²) < 4.78 is 11.2. The van der Waals surface area contributed by atoms with Gasteiger partial charge in [-0.15, -0.1) is 0 Å². The van der Waals surface area contributed by atoms with Crippen molar-refractivity contribution in [2.75, 3.05) is 7.11 Å². The van der Waals surface area contributed by atoms with Gasteiger partial charge in [0.2, 0.25) is 0 Å². The van der Waals surface area contributed by atoms with E-state index < -0.39 is 17.7 Å². The predicted molar refractivity (Wildman–Crippen MR) is 142 cm³/mol. The lowest BCUT2D eigenvalue weighted by atomic mass is 9.95. The molecule has 5 rings (SSSR count). The number of hydrogen-bond donors (Lipinski definition) is 1. The summed E-state index contributed by atoms with van der Waals surface area (Å²) in [5.41, 5.74) is 2.88. The van der Waals surface area contributed by atoms with E-state index in [1.165, 1.54) is 12.0 Å². The first-order chi connectivity index (χ1) is 18.5. The third-order valence-corrected chi connectivity index (χ3v) is 6.40. The number of carbonyl (C=O) groups excluding carboxylic acids is 2. The molecule has 0 aliphatic carbocycles. The molecule has 0 spiro atoms. The molecule has 190 valence electrons. The molecule has 38 heavy (non-hydrogen) atoms. The lowest BCUT2D eigenvalue weighted by Crippen LogP contribution is -2.29. The zero-order chi connectivity index (χ0) is 26.5. The number of Topliss-reactive ketones (excluding diaryl/α,β-unsaturated/α-hetero) is 1. The summed E-state index contributed by atoms with van der Waals surface area (Å²) in [5, 5.41) is 11.3. The Hall–Kier alpha value is -4.91. The Kier molecular flexibility index (Phi) is 7.17. The summed E-state index contributed by atoms with van der Waals surface area (Å²) in [6.07, 6.45) is 3.30. The second-order valence-corrected chi connectivity index (χ2v) is 8.86. The van der Waals surface area contributed by atoms with Crippen molar-refractivity contribution in [3.63, 3.8) is 0 Å². The third-order valence-electron chi connectivity index (χ3n) is 6.40. The van der Waals surface area contributed by atoms with E-state index in [-0.39, 0.29) is 17.9 Å². The highest BCUT2D eigenvalue weighted by Gasteiger charge is 2.46. The minimum Gasteiger partial charge on any atom is -0.507 e.